The van der Waals surface area contributed by atoms with Gasteiger partial charge in [0.2, 0.25) is 0 Å². The van der Waals surface area contributed by atoms with Crippen LogP contribution in [0, 0.1) is 0 Å². The summed E-state index contributed by atoms with van der Waals surface area (Å²) in [6, 6.07) is 5.08. The molecule has 1 atom stereocenters. The van der Waals surface area contributed by atoms with E-state index in [0.29, 0.717) is 16.1 Å². The molecule has 1 fully saturated rings. The van der Waals surface area contributed by atoms with Gasteiger partial charge in [0.1, 0.15) is 0 Å². The van der Waals surface area contributed by atoms with Gasteiger partial charge < -0.3 is 10.4 Å². The van der Waals surface area contributed by atoms with Crippen LogP contribution < -0.4 is 5.32 Å². The van der Waals surface area contributed by atoms with Gasteiger partial charge in [-0.25, -0.2) is 4.79 Å². The van der Waals surface area contributed by atoms with Crippen molar-refractivity contribution < 1.29 is 9.90 Å². The third-order valence-electron chi connectivity index (χ3n) is 2.46. The minimum absolute atomic E-state index is 0.106. The molecule has 1 heterocycles. The van der Waals surface area contributed by atoms with Gasteiger partial charge in [0.25, 0.3) is 0 Å². The molecule has 2 rings (SSSR count). The van der Waals surface area contributed by atoms with Crippen molar-refractivity contribution >= 4 is 17.6 Å². The number of carboxylic acid groups (broad SMARTS) is 1. The smallest absolute Gasteiger partial charge is 0.336 e. The average molecular weight is 212 g/mol. The maximum atomic E-state index is 10.9. The molecule has 74 valence electrons. The fourth-order valence-corrected chi connectivity index (χ4v) is 1.92. The maximum Gasteiger partial charge on any atom is 0.336 e. The van der Waals surface area contributed by atoms with Crippen molar-refractivity contribution in [1.82, 2.24) is 5.32 Å². The second kappa shape index (κ2) is 3.59. The summed E-state index contributed by atoms with van der Waals surface area (Å²) in [6.45, 7) is 0.926. The molecular weight excluding hydrogens is 202 g/mol. The van der Waals surface area contributed by atoms with E-state index in [4.69, 9.17) is 16.7 Å². The van der Waals surface area contributed by atoms with Crippen molar-refractivity contribution in [3.8, 4) is 0 Å². The van der Waals surface area contributed by atoms with Crippen LogP contribution in [0.4, 0.5) is 0 Å². The summed E-state index contributed by atoms with van der Waals surface area (Å²) in [5.74, 6) is -0.920. The Kier molecular flexibility index (Phi) is 2.44. The Balaban J connectivity index is 2.47. The molecule has 2 N–H and O–H groups in total. The first kappa shape index (κ1) is 9.49. The first-order valence-electron chi connectivity index (χ1n) is 4.45. The van der Waals surface area contributed by atoms with E-state index in [1.807, 2.05) is 0 Å². The van der Waals surface area contributed by atoms with E-state index in [-0.39, 0.29) is 6.04 Å². The number of hydrogen-bond acceptors (Lipinski definition) is 2. The topological polar surface area (TPSA) is 49.3 Å². The molecule has 0 aromatic heterocycles. The molecule has 1 saturated heterocycles. The third kappa shape index (κ3) is 1.49. The molecule has 0 unspecified atom stereocenters. The zero-order valence-corrected chi connectivity index (χ0v) is 8.21. The fourth-order valence-electron chi connectivity index (χ4n) is 1.61. The lowest BCUT2D eigenvalue weighted by atomic mass is 9.93. The van der Waals surface area contributed by atoms with Gasteiger partial charge in [-0.2, -0.15) is 0 Å². The zero-order valence-electron chi connectivity index (χ0n) is 7.46. The van der Waals surface area contributed by atoms with Crippen LogP contribution in [0.25, 0.3) is 0 Å². The summed E-state index contributed by atoms with van der Waals surface area (Å²) in [5, 5.41) is 12.7. The minimum atomic E-state index is -0.920. The molecule has 4 heteroatoms. The number of aromatic carboxylic acids is 1. The third-order valence-corrected chi connectivity index (χ3v) is 2.79. The highest BCUT2D eigenvalue weighted by molar-refractivity contribution is 6.31. The summed E-state index contributed by atoms with van der Waals surface area (Å²) in [4.78, 5) is 10.9. The Morgan fingerprint density at radius 2 is 2.29 bits per heavy atom. The van der Waals surface area contributed by atoms with Crippen molar-refractivity contribution in [3.63, 3.8) is 0 Å². The Labute approximate surface area is 86.7 Å². The monoisotopic (exact) mass is 211 g/mol. The largest absolute Gasteiger partial charge is 0.478 e. The van der Waals surface area contributed by atoms with Gasteiger partial charge in [0.05, 0.1) is 5.56 Å². The van der Waals surface area contributed by atoms with E-state index >= 15 is 0 Å². The summed E-state index contributed by atoms with van der Waals surface area (Å²) in [6.07, 6.45) is 0.948. The predicted molar refractivity (Wildman–Crippen MR) is 53.8 cm³/mol. The lowest BCUT2D eigenvalue weighted by molar-refractivity contribution is 0.0694. The van der Waals surface area contributed by atoms with E-state index in [1.54, 1.807) is 18.2 Å². The highest BCUT2D eigenvalue weighted by Crippen LogP contribution is 2.32. The van der Waals surface area contributed by atoms with Gasteiger partial charge in [-0.1, -0.05) is 17.7 Å². The lowest BCUT2D eigenvalue weighted by Gasteiger charge is -2.29. The van der Waals surface area contributed by atoms with Crippen LogP contribution in [-0.4, -0.2) is 17.6 Å². The molecule has 14 heavy (non-hydrogen) atoms. The van der Waals surface area contributed by atoms with Crippen LogP contribution in [0.15, 0.2) is 18.2 Å². The van der Waals surface area contributed by atoms with Crippen LogP contribution in [0.3, 0.4) is 0 Å². The van der Waals surface area contributed by atoms with Crippen LogP contribution >= 0.6 is 11.6 Å². The van der Waals surface area contributed by atoms with Gasteiger partial charge in [-0.05, 0) is 25.1 Å². The van der Waals surface area contributed by atoms with Gasteiger partial charge in [0.15, 0.2) is 0 Å². The lowest BCUT2D eigenvalue weighted by Crippen LogP contribution is -2.36. The Bertz CT molecular complexity index is 374. The second-order valence-corrected chi connectivity index (χ2v) is 3.71. The summed E-state index contributed by atoms with van der Waals surface area (Å²) < 4.78 is 0. The first-order chi connectivity index (χ1) is 6.70. The molecular formula is C10H10ClNO2. The molecule has 0 bridgehead atoms. The molecule has 1 aromatic rings. The fraction of sp³-hybridized carbons (Fsp3) is 0.300. The van der Waals surface area contributed by atoms with Crippen LogP contribution in [0.5, 0.6) is 0 Å². The molecule has 3 nitrogen and oxygen atoms in total. The normalized spacial score (nSPS) is 20.2. The SMILES string of the molecule is O=C(O)c1cccc(Cl)c1[C@@H]1CCN1. The van der Waals surface area contributed by atoms with Crippen LogP contribution in [0.1, 0.15) is 28.4 Å². The van der Waals surface area contributed by atoms with Crippen molar-refractivity contribution in [2.75, 3.05) is 6.54 Å². The van der Waals surface area contributed by atoms with E-state index in [9.17, 15) is 4.79 Å². The number of benzene rings is 1. The van der Waals surface area contributed by atoms with Gasteiger partial charge in [-0.3, -0.25) is 0 Å². The van der Waals surface area contributed by atoms with Crippen LogP contribution in [0.2, 0.25) is 5.02 Å². The average Bonchev–Trinajstić information content (AvgIpc) is 2.04. The second-order valence-electron chi connectivity index (χ2n) is 3.30. The van der Waals surface area contributed by atoms with E-state index in [0.717, 1.165) is 13.0 Å². The number of nitrogens with one attached hydrogen (secondary N) is 1. The molecule has 0 amide bonds. The number of carbonyl (C=O) groups is 1. The summed E-state index contributed by atoms with van der Waals surface area (Å²) >= 11 is 5.98. The minimum Gasteiger partial charge on any atom is -0.478 e. The Morgan fingerprint density at radius 1 is 1.57 bits per heavy atom. The highest BCUT2D eigenvalue weighted by atomic mass is 35.5. The zero-order chi connectivity index (χ0) is 10.1. The van der Waals surface area contributed by atoms with E-state index in [2.05, 4.69) is 5.32 Å². The Hall–Kier alpha value is -1.06. The van der Waals surface area contributed by atoms with Gasteiger partial charge in [0, 0.05) is 16.6 Å². The maximum absolute atomic E-state index is 10.9. The van der Waals surface area contributed by atoms with Gasteiger partial charge in [-0.15, -0.1) is 0 Å². The van der Waals surface area contributed by atoms with E-state index in [1.165, 1.54) is 0 Å². The molecule has 0 spiro atoms. The van der Waals surface area contributed by atoms with E-state index < -0.39 is 5.97 Å². The molecule has 0 saturated carbocycles. The molecule has 0 aliphatic carbocycles. The number of halogens is 1. The molecule has 1 aliphatic rings. The predicted octanol–water partition coefficient (Wildman–Crippen LogP) is 2.07. The molecule has 1 aliphatic heterocycles. The quantitative estimate of drug-likeness (QED) is 0.788. The first-order valence-corrected chi connectivity index (χ1v) is 4.83. The molecule has 0 radical (unpaired) electrons. The summed E-state index contributed by atoms with van der Waals surface area (Å²) in [5.41, 5.74) is 1.02. The Morgan fingerprint density at radius 3 is 2.79 bits per heavy atom. The van der Waals surface area contributed by atoms with Gasteiger partial charge >= 0.3 is 5.97 Å². The number of rotatable bonds is 2. The summed E-state index contributed by atoms with van der Waals surface area (Å²) in [7, 11) is 0. The standard InChI is InChI=1S/C10H10ClNO2/c11-7-3-1-2-6(10(13)14)9(7)8-4-5-12-8/h1-3,8,12H,4-5H2,(H,13,14)/t8-/m0/s1. The number of carboxylic acids is 1. The highest BCUT2D eigenvalue weighted by Gasteiger charge is 2.25. The van der Waals surface area contributed by atoms with Crippen molar-refractivity contribution in [3.05, 3.63) is 34.3 Å². The van der Waals surface area contributed by atoms with Crippen molar-refractivity contribution in [2.45, 2.75) is 12.5 Å². The number of hydrogen-bond donors (Lipinski definition) is 2. The molecule has 1 aromatic carbocycles. The van der Waals surface area contributed by atoms with Crippen molar-refractivity contribution in [2.24, 2.45) is 0 Å². The van der Waals surface area contributed by atoms with Crippen molar-refractivity contribution in [1.29, 1.82) is 0 Å². The van der Waals surface area contributed by atoms with Crippen LogP contribution in [-0.2, 0) is 0 Å².